The van der Waals surface area contributed by atoms with Gasteiger partial charge in [-0.3, -0.25) is 9.69 Å². The Morgan fingerprint density at radius 3 is 2.10 bits per heavy atom. The molecule has 0 aliphatic carbocycles. The molecule has 1 amide bonds. The lowest BCUT2D eigenvalue weighted by Gasteiger charge is -2.32. The number of fused-ring (bicyclic) bond motifs is 1. The summed E-state index contributed by atoms with van der Waals surface area (Å²) >= 11 is 0. The number of aromatic nitrogens is 2. The van der Waals surface area contributed by atoms with E-state index < -0.39 is 0 Å². The summed E-state index contributed by atoms with van der Waals surface area (Å²) in [4.78, 5) is 32.3. The van der Waals surface area contributed by atoms with Crippen LogP contribution in [0.25, 0.3) is 33.5 Å². The van der Waals surface area contributed by atoms with Gasteiger partial charge in [-0.2, -0.15) is 0 Å². The zero-order valence-electron chi connectivity index (χ0n) is 23.2. The Morgan fingerprint density at radius 2 is 1.38 bits per heavy atom. The van der Waals surface area contributed by atoms with Gasteiger partial charge in [0, 0.05) is 75.6 Å². The van der Waals surface area contributed by atoms with Gasteiger partial charge < -0.3 is 14.7 Å². The Bertz CT molecular complexity index is 1510. The quantitative estimate of drug-likeness (QED) is 0.379. The van der Waals surface area contributed by atoms with Crippen molar-refractivity contribution in [2.45, 2.75) is 6.54 Å². The first kappa shape index (κ1) is 26.5. The predicted octanol–water partition coefficient (Wildman–Crippen LogP) is 4.24. The highest BCUT2D eigenvalue weighted by Crippen LogP contribution is 2.32. The maximum absolute atomic E-state index is 13.8. The van der Waals surface area contributed by atoms with E-state index in [1.54, 1.807) is 12.1 Å². The molecule has 2 aliphatic rings. The van der Waals surface area contributed by atoms with Crippen LogP contribution in [0.2, 0.25) is 0 Å². The van der Waals surface area contributed by atoms with E-state index in [-0.39, 0.29) is 11.7 Å². The maximum atomic E-state index is 13.8. The fourth-order valence-corrected chi connectivity index (χ4v) is 5.47. The van der Waals surface area contributed by atoms with Crippen molar-refractivity contribution in [3.05, 3.63) is 83.7 Å². The minimum atomic E-state index is -0.291. The fraction of sp³-hybridized carbons (Fsp3) is 0.344. The maximum Gasteiger partial charge on any atom is 0.254 e. The smallest absolute Gasteiger partial charge is 0.254 e. The van der Waals surface area contributed by atoms with Crippen molar-refractivity contribution in [1.29, 1.82) is 0 Å². The van der Waals surface area contributed by atoms with Crippen molar-refractivity contribution in [3.63, 3.8) is 0 Å². The van der Waals surface area contributed by atoms with Gasteiger partial charge in [-0.15, -0.1) is 0 Å². The van der Waals surface area contributed by atoms with E-state index >= 15 is 0 Å². The van der Waals surface area contributed by atoms with E-state index in [2.05, 4.69) is 53.1 Å². The standard InChI is InChI=1S/C32H35FN6O/c1-36-12-16-38(17-13-36)22-23-4-3-5-25(20-23)31-30(24-6-9-27(33)10-7-24)34-28-11-8-26(21-29(28)35-31)32(40)39-18-14-37(2)15-19-39/h3-11,20-21H,12-19,22H2,1-2H3. The molecule has 1 aromatic heterocycles. The summed E-state index contributed by atoms with van der Waals surface area (Å²) in [6, 6.07) is 20.4. The summed E-state index contributed by atoms with van der Waals surface area (Å²) in [5.41, 5.74) is 6.38. The SMILES string of the molecule is CN1CCN(Cc2cccc(-c3nc4cc(C(=O)N5CCN(C)CC5)ccc4nc3-c3ccc(F)cc3)c2)CC1. The molecule has 2 saturated heterocycles. The number of halogens is 1. The van der Waals surface area contributed by atoms with Crippen LogP contribution in [-0.4, -0.2) is 102 Å². The number of likely N-dealkylation sites (N-methyl/N-ethyl adjacent to an activating group) is 2. The first-order valence-electron chi connectivity index (χ1n) is 14.0. The van der Waals surface area contributed by atoms with Crippen molar-refractivity contribution in [2.24, 2.45) is 0 Å². The Hall–Kier alpha value is -3.72. The summed E-state index contributed by atoms with van der Waals surface area (Å²) in [5, 5.41) is 0. The lowest BCUT2D eigenvalue weighted by atomic mass is 10.0. The van der Waals surface area contributed by atoms with Gasteiger partial charge >= 0.3 is 0 Å². The minimum absolute atomic E-state index is 0.0233. The third-order valence-corrected chi connectivity index (χ3v) is 8.02. The van der Waals surface area contributed by atoms with Crippen LogP contribution in [0.1, 0.15) is 15.9 Å². The molecule has 8 heteroatoms. The predicted molar refractivity (Wildman–Crippen MR) is 157 cm³/mol. The highest BCUT2D eigenvalue weighted by Gasteiger charge is 2.22. The van der Waals surface area contributed by atoms with Crippen LogP contribution in [0.4, 0.5) is 4.39 Å². The van der Waals surface area contributed by atoms with Crippen molar-refractivity contribution >= 4 is 16.9 Å². The zero-order valence-corrected chi connectivity index (χ0v) is 23.2. The third kappa shape index (κ3) is 5.75. The normalized spacial score (nSPS) is 17.4. The average Bonchev–Trinajstić information content (AvgIpc) is 2.98. The van der Waals surface area contributed by atoms with Gasteiger partial charge in [0.2, 0.25) is 0 Å². The molecule has 3 heterocycles. The second kappa shape index (κ2) is 11.4. The molecule has 0 atom stereocenters. The highest BCUT2D eigenvalue weighted by molar-refractivity contribution is 5.98. The monoisotopic (exact) mass is 538 g/mol. The van der Waals surface area contributed by atoms with Gasteiger partial charge in [0.25, 0.3) is 5.91 Å². The molecule has 7 nitrogen and oxygen atoms in total. The molecule has 0 bridgehead atoms. The topological polar surface area (TPSA) is 55.8 Å². The van der Waals surface area contributed by atoms with Crippen LogP contribution in [-0.2, 0) is 6.54 Å². The molecule has 0 N–H and O–H groups in total. The third-order valence-electron chi connectivity index (χ3n) is 8.02. The first-order chi connectivity index (χ1) is 19.4. The lowest BCUT2D eigenvalue weighted by molar-refractivity contribution is 0.0664. The van der Waals surface area contributed by atoms with Crippen molar-refractivity contribution in [1.82, 2.24) is 29.6 Å². The molecular weight excluding hydrogens is 503 g/mol. The van der Waals surface area contributed by atoms with Gasteiger partial charge in [0.15, 0.2) is 0 Å². The number of rotatable bonds is 5. The van der Waals surface area contributed by atoms with E-state index in [0.29, 0.717) is 35.4 Å². The molecule has 0 spiro atoms. The van der Waals surface area contributed by atoms with Crippen molar-refractivity contribution in [2.75, 3.05) is 66.5 Å². The number of carbonyl (C=O) groups excluding carboxylic acids is 1. The number of carbonyl (C=O) groups is 1. The average molecular weight is 539 g/mol. The van der Waals surface area contributed by atoms with Crippen LogP contribution >= 0.6 is 0 Å². The number of amides is 1. The molecule has 3 aromatic carbocycles. The number of hydrogen-bond acceptors (Lipinski definition) is 6. The summed E-state index contributed by atoms with van der Waals surface area (Å²) < 4.78 is 13.8. The van der Waals surface area contributed by atoms with Gasteiger partial charge in [0.1, 0.15) is 5.82 Å². The van der Waals surface area contributed by atoms with Gasteiger partial charge in [-0.1, -0.05) is 18.2 Å². The Labute approximate surface area is 234 Å². The van der Waals surface area contributed by atoms with Crippen LogP contribution in [0, 0.1) is 5.82 Å². The van der Waals surface area contributed by atoms with Gasteiger partial charge in [-0.05, 0) is 68.2 Å². The Balaban J connectivity index is 1.38. The largest absolute Gasteiger partial charge is 0.336 e. The molecule has 0 unspecified atom stereocenters. The summed E-state index contributed by atoms with van der Waals surface area (Å²) in [6.07, 6.45) is 0. The van der Waals surface area contributed by atoms with E-state index in [1.807, 2.05) is 23.1 Å². The molecule has 206 valence electrons. The van der Waals surface area contributed by atoms with Crippen LogP contribution in [0.5, 0.6) is 0 Å². The van der Waals surface area contributed by atoms with E-state index in [4.69, 9.17) is 9.97 Å². The Morgan fingerprint density at radius 1 is 0.725 bits per heavy atom. The van der Waals surface area contributed by atoms with Crippen molar-refractivity contribution < 1.29 is 9.18 Å². The summed E-state index contributed by atoms with van der Waals surface area (Å²) in [7, 11) is 4.24. The molecule has 4 aromatic rings. The molecule has 2 fully saturated rings. The minimum Gasteiger partial charge on any atom is -0.336 e. The van der Waals surface area contributed by atoms with Crippen LogP contribution in [0.3, 0.4) is 0 Å². The molecule has 40 heavy (non-hydrogen) atoms. The second-order valence-electron chi connectivity index (χ2n) is 11.0. The first-order valence-corrected chi connectivity index (χ1v) is 14.0. The van der Waals surface area contributed by atoms with E-state index in [1.165, 1.54) is 17.7 Å². The van der Waals surface area contributed by atoms with E-state index in [9.17, 15) is 9.18 Å². The molecule has 2 aliphatic heterocycles. The molecule has 0 saturated carbocycles. The fourth-order valence-electron chi connectivity index (χ4n) is 5.47. The van der Waals surface area contributed by atoms with Crippen molar-refractivity contribution in [3.8, 4) is 22.5 Å². The number of nitrogens with zero attached hydrogens (tertiary/aromatic N) is 6. The number of hydrogen-bond donors (Lipinski definition) is 0. The highest BCUT2D eigenvalue weighted by atomic mass is 19.1. The van der Waals surface area contributed by atoms with Crippen LogP contribution < -0.4 is 0 Å². The lowest BCUT2D eigenvalue weighted by Crippen LogP contribution is -2.47. The number of benzene rings is 3. The Kier molecular flexibility index (Phi) is 7.56. The van der Waals surface area contributed by atoms with Gasteiger partial charge in [-0.25, -0.2) is 14.4 Å². The molecular formula is C32H35FN6O. The number of piperazine rings is 2. The summed E-state index contributed by atoms with van der Waals surface area (Å²) in [5.74, 6) is -0.268. The van der Waals surface area contributed by atoms with Gasteiger partial charge in [0.05, 0.1) is 22.4 Å². The zero-order chi connectivity index (χ0) is 27.6. The second-order valence-corrected chi connectivity index (χ2v) is 11.0. The van der Waals surface area contributed by atoms with Crippen LogP contribution in [0.15, 0.2) is 66.7 Å². The molecule has 0 radical (unpaired) electrons. The molecule has 6 rings (SSSR count). The van der Waals surface area contributed by atoms with E-state index in [0.717, 1.165) is 62.6 Å². The summed E-state index contributed by atoms with van der Waals surface area (Å²) in [6.45, 7) is 8.27.